The van der Waals surface area contributed by atoms with Crippen molar-refractivity contribution >= 4 is 74.9 Å². The van der Waals surface area contributed by atoms with E-state index in [0.29, 0.717) is 11.3 Å². The molecule has 59 heavy (non-hydrogen) atoms. The minimum absolute atomic E-state index is 0.512. The van der Waals surface area contributed by atoms with Gasteiger partial charge in [0, 0.05) is 34.1 Å². The third-order valence-electron chi connectivity index (χ3n) is 10.5. The fraction of sp³-hybridized carbons (Fsp3) is 0.0545. The second kappa shape index (κ2) is 17.5. The number of rotatable bonds is 11. The molecule has 0 aliphatic carbocycles. The molecule has 0 unspecified atom stereocenters. The number of hydrogen-bond donors (Lipinski definition) is 0. The van der Waals surface area contributed by atoms with E-state index in [1.807, 2.05) is 54.6 Å². The van der Waals surface area contributed by atoms with Gasteiger partial charge in [-0.15, -0.1) is 0 Å². The van der Waals surface area contributed by atoms with Gasteiger partial charge in [-0.2, -0.15) is 5.26 Å². The van der Waals surface area contributed by atoms with E-state index in [4.69, 9.17) is 6.57 Å². The Balaban J connectivity index is 1.03. The minimum atomic E-state index is 0.512. The van der Waals surface area contributed by atoms with E-state index in [2.05, 4.69) is 186 Å². The summed E-state index contributed by atoms with van der Waals surface area (Å²) in [6, 6.07) is 65.2. The molecule has 0 saturated carbocycles. The van der Waals surface area contributed by atoms with Gasteiger partial charge in [0.1, 0.15) is 0 Å². The number of nitriles is 1. The zero-order valence-corrected chi connectivity index (χ0v) is 33.1. The first kappa shape index (κ1) is 38.0. The topological polar surface area (TPSA) is 34.6 Å². The summed E-state index contributed by atoms with van der Waals surface area (Å²) in [5.74, 6) is 0. The number of fused-ring (bicyclic) bond motifs is 1. The van der Waals surface area contributed by atoms with Gasteiger partial charge < -0.3 is 9.80 Å². The Bertz CT molecular complexity index is 2840. The largest absolute Gasteiger partial charge is 0.311 e. The summed E-state index contributed by atoms with van der Waals surface area (Å²) in [5.41, 5.74) is 13.8. The van der Waals surface area contributed by atoms with Gasteiger partial charge in [-0.25, -0.2) is 4.85 Å². The van der Waals surface area contributed by atoms with Crippen molar-refractivity contribution in [3.63, 3.8) is 0 Å². The molecule has 8 aromatic rings. The fourth-order valence-corrected chi connectivity index (χ4v) is 7.34. The van der Waals surface area contributed by atoms with Crippen molar-refractivity contribution in [2.24, 2.45) is 0 Å². The van der Waals surface area contributed by atoms with Crippen LogP contribution in [0.3, 0.4) is 0 Å². The molecule has 282 valence electrons. The van der Waals surface area contributed by atoms with Crippen molar-refractivity contribution in [2.45, 2.75) is 20.3 Å². The third-order valence-corrected chi connectivity index (χ3v) is 10.5. The molecule has 0 N–H and O–H groups in total. The van der Waals surface area contributed by atoms with Crippen LogP contribution in [0.5, 0.6) is 0 Å². The Morgan fingerprint density at radius 3 is 1.36 bits per heavy atom. The van der Waals surface area contributed by atoms with Crippen molar-refractivity contribution in [3.05, 3.63) is 232 Å². The van der Waals surface area contributed by atoms with Crippen molar-refractivity contribution in [1.82, 2.24) is 0 Å². The normalized spacial score (nSPS) is 11.1. The van der Waals surface area contributed by atoms with Crippen molar-refractivity contribution in [2.75, 3.05) is 9.80 Å². The molecule has 8 rings (SSSR count). The highest BCUT2D eigenvalue weighted by Gasteiger charge is 2.14. The summed E-state index contributed by atoms with van der Waals surface area (Å²) in [4.78, 5) is 8.40. The fourth-order valence-electron chi connectivity index (χ4n) is 7.34. The molecule has 0 aromatic heterocycles. The van der Waals surface area contributed by atoms with Gasteiger partial charge in [0.25, 0.3) is 0 Å². The molecule has 4 heteroatoms. The molecular weight excluding hydrogens is 717 g/mol. The molecule has 0 spiro atoms. The average Bonchev–Trinajstić information content (AvgIpc) is 3.29. The predicted octanol–water partition coefficient (Wildman–Crippen LogP) is 15.4. The zero-order valence-electron chi connectivity index (χ0n) is 33.1. The van der Waals surface area contributed by atoms with Crippen molar-refractivity contribution in [1.29, 1.82) is 5.26 Å². The van der Waals surface area contributed by atoms with Crippen LogP contribution in [0.4, 0.5) is 39.8 Å². The lowest BCUT2D eigenvalue weighted by molar-refractivity contribution is 1.14. The van der Waals surface area contributed by atoms with Gasteiger partial charge >= 0.3 is 0 Å². The van der Waals surface area contributed by atoms with Crippen molar-refractivity contribution < 1.29 is 0 Å². The predicted molar refractivity (Wildman–Crippen MR) is 249 cm³/mol. The van der Waals surface area contributed by atoms with E-state index in [9.17, 15) is 5.26 Å². The Hall–Kier alpha value is -7.92. The Morgan fingerprint density at radius 2 is 0.898 bits per heavy atom. The molecule has 0 fully saturated rings. The second-order valence-corrected chi connectivity index (χ2v) is 14.5. The van der Waals surface area contributed by atoms with E-state index in [-0.39, 0.29) is 0 Å². The Labute approximate surface area is 347 Å². The molecule has 0 heterocycles. The van der Waals surface area contributed by atoms with E-state index >= 15 is 0 Å². The maximum atomic E-state index is 10.3. The summed E-state index contributed by atoms with van der Waals surface area (Å²) >= 11 is 0. The number of anilines is 6. The number of hydrogen-bond acceptors (Lipinski definition) is 3. The SMILES string of the molecule is [C-]#[N+]c1cc(/C=C/c2ccc(N(c3ccccc3)c3ccc(CC)cc3)cc2)cc2c(C#N)cc(/C=C/c3ccc(N(c4ccccc4)c4ccc(C)cc4)cc3)cc12. The molecule has 0 radical (unpaired) electrons. The van der Waals surface area contributed by atoms with Gasteiger partial charge in [-0.3, -0.25) is 0 Å². The van der Waals surface area contributed by atoms with Crippen LogP contribution in [0.25, 0.3) is 39.9 Å². The number of para-hydroxylation sites is 2. The molecule has 0 bridgehead atoms. The summed E-state index contributed by atoms with van der Waals surface area (Å²) < 4.78 is 0. The van der Waals surface area contributed by atoms with Crippen molar-refractivity contribution in [3.8, 4) is 6.07 Å². The quantitative estimate of drug-likeness (QED) is 0.0973. The van der Waals surface area contributed by atoms with Gasteiger partial charge in [-0.05, 0) is 143 Å². The lowest BCUT2D eigenvalue weighted by atomic mass is 9.97. The third kappa shape index (κ3) is 8.59. The van der Waals surface area contributed by atoms with Gasteiger partial charge in [0.2, 0.25) is 0 Å². The minimum Gasteiger partial charge on any atom is -0.311 e. The van der Waals surface area contributed by atoms with Crippen LogP contribution < -0.4 is 9.80 Å². The lowest BCUT2D eigenvalue weighted by Crippen LogP contribution is -2.09. The molecule has 8 aromatic carbocycles. The Kier molecular flexibility index (Phi) is 11.3. The van der Waals surface area contributed by atoms with Crippen LogP contribution in [0, 0.1) is 24.8 Å². The van der Waals surface area contributed by atoms with Gasteiger partial charge in [-0.1, -0.05) is 128 Å². The smallest absolute Gasteiger partial charge is 0.195 e. The van der Waals surface area contributed by atoms with Crippen LogP contribution in [-0.2, 0) is 6.42 Å². The van der Waals surface area contributed by atoms with E-state index in [1.165, 1.54) is 11.1 Å². The number of benzene rings is 8. The van der Waals surface area contributed by atoms with Gasteiger partial charge in [0.15, 0.2) is 5.69 Å². The highest BCUT2D eigenvalue weighted by Crippen LogP contribution is 2.37. The maximum Gasteiger partial charge on any atom is 0.195 e. The zero-order chi connectivity index (χ0) is 40.6. The molecule has 0 saturated heterocycles. The standard InChI is InChI=1S/C55H42N4/c1-4-41-21-29-50(30-22-41)59(48-13-9-6-10-14-48)52-33-25-43(26-34-52)18-20-45-36-53-46(39-56)35-44(37-54(53)55(38-45)57-3)19-17-42-23-31-51(32-24-42)58(47-11-7-5-8-12-47)49-27-15-40(2)16-28-49/h5-38H,4H2,1-2H3/b19-17+,20-18+. The van der Waals surface area contributed by atoms with Crippen LogP contribution in [0.15, 0.2) is 182 Å². The molecule has 0 amide bonds. The highest BCUT2D eigenvalue weighted by atomic mass is 15.1. The summed E-state index contributed by atoms with van der Waals surface area (Å²) in [6.07, 6.45) is 9.12. The molecule has 4 nitrogen and oxygen atoms in total. The summed E-state index contributed by atoms with van der Waals surface area (Å²) in [5, 5.41) is 11.8. The number of aryl methyl sites for hydroxylation is 2. The van der Waals surface area contributed by atoms with E-state index in [0.717, 1.165) is 73.6 Å². The van der Waals surface area contributed by atoms with Crippen LogP contribution in [-0.4, -0.2) is 0 Å². The Morgan fingerprint density at radius 1 is 0.492 bits per heavy atom. The molecule has 0 aliphatic heterocycles. The molecular formula is C55H42N4. The number of nitrogens with zero attached hydrogens (tertiary/aromatic N) is 4. The average molecular weight is 759 g/mol. The lowest BCUT2D eigenvalue weighted by Gasteiger charge is -2.25. The van der Waals surface area contributed by atoms with E-state index < -0.39 is 0 Å². The molecule has 0 atom stereocenters. The van der Waals surface area contributed by atoms with E-state index in [1.54, 1.807) is 0 Å². The maximum absolute atomic E-state index is 10.3. The highest BCUT2D eigenvalue weighted by molar-refractivity contribution is 6.01. The summed E-state index contributed by atoms with van der Waals surface area (Å²) in [6.45, 7) is 12.3. The second-order valence-electron chi connectivity index (χ2n) is 14.5. The first-order valence-electron chi connectivity index (χ1n) is 19.8. The first-order valence-corrected chi connectivity index (χ1v) is 19.8. The van der Waals surface area contributed by atoms with Crippen LogP contribution in [0.1, 0.15) is 45.9 Å². The van der Waals surface area contributed by atoms with Crippen LogP contribution >= 0.6 is 0 Å². The molecule has 0 aliphatic rings. The first-order chi connectivity index (χ1) is 29.0. The monoisotopic (exact) mass is 758 g/mol. The van der Waals surface area contributed by atoms with Gasteiger partial charge in [0.05, 0.1) is 18.2 Å². The summed E-state index contributed by atoms with van der Waals surface area (Å²) in [7, 11) is 0. The van der Waals surface area contributed by atoms with Crippen LogP contribution in [0.2, 0.25) is 0 Å².